The smallest absolute Gasteiger partial charge is 0.363 e. The maximum Gasteiger partial charge on any atom is 0.363 e. The molecule has 0 aliphatic carbocycles. The molecule has 0 fully saturated rings. The van der Waals surface area contributed by atoms with Gasteiger partial charge in [0, 0.05) is 11.1 Å². The third kappa shape index (κ3) is 4.16. The minimum atomic E-state index is -4.03. The summed E-state index contributed by atoms with van der Waals surface area (Å²) in [5.41, 5.74) is 2.04. The molecule has 1 aliphatic heterocycles. The monoisotopic (exact) mass is 419 g/mol. The molecule has 0 unspecified atom stereocenters. The quantitative estimate of drug-likeness (QED) is 0.353. The van der Waals surface area contributed by atoms with Crippen LogP contribution in [0.2, 0.25) is 0 Å². The van der Waals surface area contributed by atoms with Crippen molar-refractivity contribution in [3.8, 4) is 5.75 Å². The highest BCUT2D eigenvalue weighted by molar-refractivity contribution is 7.87. The van der Waals surface area contributed by atoms with Crippen LogP contribution in [0.15, 0.2) is 94.4 Å². The van der Waals surface area contributed by atoms with E-state index in [1.165, 1.54) is 24.3 Å². The van der Waals surface area contributed by atoms with Gasteiger partial charge in [-0.15, -0.1) is 0 Å². The summed E-state index contributed by atoms with van der Waals surface area (Å²) in [6.45, 7) is 1.86. The second-order valence-electron chi connectivity index (χ2n) is 6.59. The zero-order valence-electron chi connectivity index (χ0n) is 16.0. The Bertz CT molecular complexity index is 1260. The third-order valence-electron chi connectivity index (χ3n) is 4.36. The molecule has 0 amide bonds. The molecular weight excluding hydrogens is 402 g/mol. The van der Waals surface area contributed by atoms with Gasteiger partial charge >= 0.3 is 16.1 Å². The van der Waals surface area contributed by atoms with Crippen LogP contribution < -0.4 is 4.18 Å². The van der Waals surface area contributed by atoms with Crippen molar-refractivity contribution in [3.63, 3.8) is 0 Å². The standard InChI is InChI=1S/C23H17NO5S/c1-16-11-13-19(14-12-16)30(26,27)29-21-10-6-5-9-18(21)15-20-23(25)28-22(24-20)17-7-3-2-4-8-17/h2-15H,1H3/b20-15+. The van der Waals surface area contributed by atoms with Gasteiger partial charge in [0.15, 0.2) is 5.70 Å². The Hall–Kier alpha value is -3.71. The Kier molecular flexibility index (Phi) is 5.20. The van der Waals surface area contributed by atoms with Gasteiger partial charge in [-0.1, -0.05) is 54.1 Å². The summed E-state index contributed by atoms with van der Waals surface area (Å²) in [5.74, 6) is -0.343. The van der Waals surface area contributed by atoms with E-state index in [4.69, 9.17) is 8.92 Å². The van der Waals surface area contributed by atoms with Crippen molar-refractivity contribution in [2.75, 3.05) is 0 Å². The Labute approximate surface area is 174 Å². The van der Waals surface area contributed by atoms with Gasteiger partial charge in [0.2, 0.25) is 5.90 Å². The van der Waals surface area contributed by atoms with Crippen LogP contribution in [-0.2, 0) is 19.6 Å². The minimum absolute atomic E-state index is 0.0419. The molecule has 1 aliphatic rings. The molecule has 4 rings (SSSR count). The molecule has 6 nitrogen and oxygen atoms in total. The van der Waals surface area contributed by atoms with Crippen LogP contribution in [0.25, 0.3) is 6.08 Å². The summed E-state index contributed by atoms with van der Waals surface area (Å²) in [6.07, 6.45) is 1.44. The highest BCUT2D eigenvalue weighted by atomic mass is 32.2. The predicted molar refractivity (Wildman–Crippen MR) is 112 cm³/mol. The molecule has 7 heteroatoms. The lowest BCUT2D eigenvalue weighted by atomic mass is 10.1. The number of nitrogens with zero attached hydrogens (tertiary/aromatic N) is 1. The summed E-state index contributed by atoms with van der Waals surface area (Å²) in [5, 5.41) is 0. The van der Waals surface area contributed by atoms with Gasteiger partial charge in [-0.3, -0.25) is 0 Å². The van der Waals surface area contributed by atoms with Crippen molar-refractivity contribution in [2.45, 2.75) is 11.8 Å². The molecule has 0 N–H and O–H groups in total. The fourth-order valence-corrected chi connectivity index (χ4v) is 3.76. The van der Waals surface area contributed by atoms with Gasteiger partial charge in [-0.05, 0) is 43.3 Å². The van der Waals surface area contributed by atoms with Crippen LogP contribution in [0.3, 0.4) is 0 Å². The molecule has 0 atom stereocenters. The highest BCUT2D eigenvalue weighted by Crippen LogP contribution is 2.27. The van der Waals surface area contributed by atoms with Crippen LogP contribution in [0, 0.1) is 6.92 Å². The van der Waals surface area contributed by atoms with E-state index in [9.17, 15) is 13.2 Å². The van der Waals surface area contributed by atoms with E-state index in [0.717, 1.165) is 5.56 Å². The lowest BCUT2D eigenvalue weighted by Gasteiger charge is -2.09. The van der Waals surface area contributed by atoms with Gasteiger partial charge < -0.3 is 8.92 Å². The summed E-state index contributed by atoms with van der Waals surface area (Å²) >= 11 is 0. The average molecular weight is 419 g/mol. The summed E-state index contributed by atoms with van der Waals surface area (Å²) in [6, 6.07) is 21.9. The first-order valence-electron chi connectivity index (χ1n) is 9.10. The Morgan fingerprint density at radius 1 is 0.900 bits per heavy atom. The van der Waals surface area contributed by atoms with Crippen molar-refractivity contribution >= 4 is 28.1 Å². The fourth-order valence-electron chi connectivity index (χ4n) is 2.81. The zero-order chi connectivity index (χ0) is 21.1. The minimum Gasteiger partial charge on any atom is -0.402 e. The number of rotatable bonds is 5. The molecule has 0 bridgehead atoms. The lowest BCUT2D eigenvalue weighted by Crippen LogP contribution is -2.10. The van der Waals surface area contributed by atoms with Gasteiger partial charge in [-0.2, -0.15) is 8.42 Å². The van der Waals surface area contributed by atoms with Crippen LogP contribution in [0.1, 0.15) is 16.7 Å². The van der Waals surface area contributed by atoms with E-state index in [-0.39, 0.29) is 22.2 Å². The molecular formula is C23H17NO5S. The van der Waals surface area contributed by atoms with Crippen LogP contribution in [0.4, 0.5) is 0 Å². The molecule has 0 radical (unpaired) electrons. The molecule has 0 saturated heterocycles. The van der Waals surface area contributed by atoms with Crippen molar-refractivity contribution in [1.29, 1.82) is 0 Å². The van der Waals surface area contributed by atoms with E-state index in [1.807, 2.05) is 25.1 Å². The number of cyclic esters (lactones) is 1. The Balaban J connectivity index is 1.66. The van der Waals surface area contributed by atoms with Crippen molar-refractivity contribution < 1.29 is 22.1 Å². The third-order valence-corrected chi connectivity index (χ3v) is 5.61. The first-order chi connectivity index (χ1) is 14.4. The summed E-state index contributed by atoms with van der Waals surface area (Å²) in [4.78, 5) is 16.5. The maximum atomic E-state index is 12.6. The molecule has 0 spiro atoms. The first kappa shape index (κ1) is 19.6. The van der Waals surface area contributed by atoms with Crippen LogP contribution >= 0.6 is 0 Å². The molecule has 0 saturated carbocycles. The SMILES string of the molecule is Cc1ccc(S(=O)(=O)Oc2ccccc2/C=C2/N=C(c3ccccc3)OC2=O)cc1. The van der Waals surface area contributed by atoms with Crippen LogP contribution in [0.5, 0.6) is 5.75 Å². The average Bonchev–Trinajstić information content (AvgIpc) is 3.11. The van der Waals surface area contributed by atoms with Gasteiger partial charge in [-0.25, -0.2) is 9.79 Å². The number of hydrogen-bond donors (Lipinski definition) is 0. The molecule has 3 aromatic rings. The number of hydrogen-bond acceptors (Lipinski definition) is 6. The summed E-state index contributed by atoms with van der Waals surface area (Å²) in [7, 11) is -4.03. The highest BCUT2D eigenvalue weighted by Gasteiger charge is 2.25. The summed E-state index contributed by atoms with van der Waals surface area (Å²) < 4.78 is 35.9. The largest absolute Gasteiger partial charge is 0.402 e. The van der Waals surface area contributed by atoms with E-state index >= 15 is 0 Å². The number of carbonyl (C=O) groups is 1. The fraction of sp³-hybridized carbons (Fsp3) is 0.0435. The van der Waals surface area contributed by atoms with E-state index in [1.54, 1.807) is 42.5 Å². The molecule has 0 aromatic heterocycles. The number of para-hydroxylation sites is 1. The molecule has 1 heterocycles. The van der Waals surface area contributed by atoms with Crippen molar-refractivity contribution in [1.82, 2.24) is 0 Å². The first-order valence-corrected chi connectivity index (χ1v) is 10.5. The Morgan fingerprint density at radius 2 is 1.57 bits per heavy atom. The van der Waals surface area contributed by atoms with Crippen LogP contribution in [-0.4, -0.2) is 20.3 Å². The zero-order valence-corrected chi connectivity index (χ0v) is 16.8. The normalized spacial score (nSPS) is 15.0. The second-order valence-corrected chi connectivity index (χ2v) is 8.14. The van der Waals surface area contributed by atoms with Gasteiger partial charge in [0.1, 0.15) is 10.6 Å². The van der Waals surface area contributed by atoms with E-state index in [2.05, 4.69) is 4.99 Å². The number of esters is 1. The number of aliphatic imine (C=N–C) groups is 1. The van der Waals surface area contributed by atoms with Gasteiger partial charge in [0.25, 0.3) is 0 Å². The number of benzene rings is 3. The Morgan fingerprint density at radius 3 is 2.30 bits per heavy atom. The van der Waals surface area contributed by atoms with E-state index < -0.39 is 16.1 Å². The van der Waals surface area contributed by atoms with E-state index in [0.29, 0.717) is 11.1 Å². The second kappa shape index (κ2) is 7.96. The maximum absolute atomic E-state index is 12.6. The molecule has 30 heavy (non-hydrogen) atoms. The number of ether oxygens (including phenoxy) is 1. The number of carbonyl (C=O) groups excluding carboxylic acids is 1. The lowest BCUT2D eigenvalue weighted by molar-refractivity contribution is -0.129. The van der Waals surface area contributed by atoms with Crippen molar-refractivity contribution in [3.05, 3.63) is 101 Å². The van der Waals surface area contributed by atoms with Gasteiger partial charge in [0.05, 0.1) is 0 Å². The predicted octanol–water partition coefficient (Wildman–Crippen LogP) is 4.11. The molecule has 150 valence electrons. The topological polar surface area (TPSA) is 82.0 Å². The number of aryl methyl sites for hydroxylation is 1. The molecule has 3 aromatic carbocycles. The van der Waals surface area contributed by atoms with Crippen molar-refractivity contribution in [2.24, 2.45) is 4.99 Å².